The molecule has 0 fully saturated rings. The highest BCUT2D eigenvalue weighted by Crippen LogP contribution is 2.27. The summed E-state index contributed by atoms with van der Waals surface area (Å²) in [5.41, 5.74) is 2.08. The van der Waals surface area contributed by atoms with Crippen molar-refractivity contribution < 1.29 is 13.2 Å². The average molecular weight is 288 g/mol. The number of benzene rings is 1. The van der Waals surface area contributed by atoms with E-state index in [4.69, 9.17) is 0 Å². The number of aryl methyl sites for hydroxylation is 1. The van der Waals surface area contributed by atoms with Crippen LogP contribution in [0.15, 0.2) is 18.2 Å². The highest BCUT2D eigenvalue weighted by atomic mass is 32.1. The molecule has 1 aromatic heterocycles. The molecule has 19 heavy (non-hydrogen) atoms. The first-order chi connectivity index (χ1) is 8.94. The minimum absolute atomic E-state index is 0.153. The number of rotatable bonds is 5. The topological polar surface area (TPSA) is 24.9 Å². The third-order valence-electron chi connectivity index (χ3n) is 2.71. The van der Waals surface area contributed by atoms with Crippen LogP contribution in [0.25, 0.3) is 10.2 Å². The van der Waals surface area contributed by atoms with Crippen molar-refractivity contribution in [2.24, 2.45) is 0 Å². The van der Waals surface area contributed by atoms with Crippen molar-refractivity contribution in [3.05, 3.63) is 23.8 Å². The summed E-state index contributed by atoms with van der Waals surface area (Å²) < 4.78 is 36.9. The molecule has 2 aromatic rings. The molecule has 1 aromatic carbocycles. The minimum atomic E-state index is -4.05. The molecule has 0 amide bonds. The van der Waals surface area contributed by atoms with Gasteiger partial charge in [0.15, 0.2) is 5.13 Å². The van der Waals surface area contributed by atoms with E-state index in [1.54, 1.807) is 0 Å². The summed E-state index contributed by atoms with van der Waals surface area (Å²) in [6.07, 6.45) is -4.12. The Morgan fingerprint density at radius 2 is 2.05 bits per heavy atom. The van der Waals surface area contributed by atoms with Crippen LogP contribution in [0.1, 0.15) is 24.8 Å². The molecule has 0 unspecified atom stereocenters. The second-order valence-electron chi connectivity index (χ2n) is 4.49. The number of unbranched alkanes of at least 4 members (excludes halogenated alkanes) is 1. The van der Waals surface area contributed by atoms with E-state index in [0.717, 1.165) is 20.9 Å². The lowest BCUT2D eigenvalue weighted by Gasteiger charge is -2.05. The van der Waals surface area contributed by atoms with Crippen molar-refractivity contribution in [1.82, 2.24) is 4.98 Å². The maximum atomic E-state index is 12.0. The molecule has 0 aliphatic rings. The molecule has 0 bridgehead atoms. The van der Waals surface area contributed by atoms with Gasteiger partial charge in [0.2, 0.25) is 0 Å². The van der Waals surface area contributed by atoms with Crippen LogP contribution in [0.2, 0.25) is 0 Å². The number of alkyl halides is 3. The predicted molar refractivity (Wildman–Crippen MR) is 72.8 cm³/mol. The number of aromatic nitrogens is 1. The van der Waals surface area contributed by atoms with Gasteiger partial charge in [0.1, 0.15) is 0 Å². The number of nitrogens with one attached hydrogen (secondary N) is 1. The predicted octanol–water partition coefficient (Wildman–Crippen LogP) is 4.75. The Kier molecular flexibility index (Phi) is 4.29. The van der Waals surface area contributed by atoms with Crippen LogP contribution < -0.4 is 5.32 Å². The summed E-state index contributed by atoms with van der Waals surface area (Å²) in [6, 6.07) is 6.03. The molecule has 0 saturated heterocycles. The summed E-state index contributed by atoms with van der Waals surface area (Å²) in [5, 5.41) is 3.85. The number of anilines is 1. The van der Waals surface area contributed by atoms with Gasteiger partial charge in [-0.25, -0.2) is 4.98 Å². The summed E-state index contributed by atoms with van der Waals surface area (Å²) in [7, 11) is 0. The molecule has 0 atom stereocenters. The quantitative estimate of drug-likeness (QED) is 0.803. The van der Waals surface area contributed by atoms with E-state index in [0.29, 0.717) is 13.0 Å². The van der Waals surface area contributed by atoms with E-state index >= 15 is 0 Å². The average Bonchev–Trinajstić information content (AvgIpc) is 2.68. The first-order valence-electron chi connectivity index (χ1n) is 6.12. The fraction of sp³-hybridized carbons (Fsp3) is 0.462. The number of halogens is 3. The molecule has 6 heteroatoms. The molecule has 0 radical (unpaired) electrons. The first kappa shape index (κ1) is 14.1. The minimum Gasteiger partial charge on any atom is -0.361 e. The molecule has 2 rings (SSSR count). The molecule has 0 saturated carbocycles. The van der Waals surface area contributed by atoms with Crippen LogP contribution in [-0.4, -0.2) is 17.7 Å². The van der Waals surface area contributed by atoms with Crippen LogP contribution in [0, 0.1) is 6.92 Å². The maximum Gasteiger partial charge on any atom is 0.389 e. The van der Waals surface area contributed by atoms with Crippen molar-refractivity contribution in [2.75, 3.05) is 11.9 Å². The second kappa shape index (κ2) is 5.77. The Bertz CT molecular complexity index is 548. The first-order valence-corrected chi connectivity index (χ1v) is 6.93. The molecular weight excluding hydrogens is 273 g/mol. The Hall–Kier alpha value is -1.30. The molecule has 104 valence electrons. The summed E-state index contributed by atoms with van der Waals surface area (Å²) in [6.45, 7) is 2.53. The van der Waals surface area contributed by atoms with Crippen LogP contribution >= 0.6 is 11.3 Å². The zero-order valence-electron chi connectivity index (χ0n) is 10.5. The number of fused-ring (bicyclic) bond motifs is 1. The van der Waals surface area contributed by atoms with Crippen molar-refractivity contribution in [1.29, 1.82) is 0 Å². The van der Waals surface area contributed by atoms with E-state index in [1.807, 2.05) is 25.1 Å². The van der Waals surface area contributed by atoms with E-state index in [2.05, 4.69) is 10.3 Å². The SMILES string of the molecule is Cc1ccc2sc(NCCCCC(F)(F)F)nc2c1. The fourth-order valence-electron chi connectivity index (χ4n) is 1.76. The Balaban J connectivity index is 1.82. The van der Waals surface area contributed by atoms with Gasteiger partial charge in [-0.3, -0.25) is 0 Å². The molecule has 2 nitrogen and oxygen atoms in total. The summed E-state index contributed by atoms with van der Waals surface area (Å²) in [4.78, 5) is 4.41. The van der Waals surface area contributed by atoms with Crippen molar-refractivity contribution in [3.63, 3.8) is 0 Å². The van der Waals surface area contributed by atoms with Gasteiger partial charge in [-0.1, -0.05) is 17.4 Å². The van der Waals surface area contributed by atoms with Crippen LogP contribution in [0.4, 0.5) is 18.3 Å². The van der Waals surface area contributed by atoms with E-state index in [9.17, 15) is 13.2 Å². The molecule has 0 aliphatic heterocycles. The van der Waals surface area contributed by atoms with Gasteiger partial charge in [0, 0.05) is 13.0 Å². The number of thiazole rings is 1. The number of hydrogen-bond donors (Lipinski definition) is 1. The molecule has 0 spiro atoms. The maximum absolute atomic E-state index is 12.0. The normalized spacial score (nSPS) is 12.0. The van der Waals surface area contributed by atoms with E-state index in [1.165, 1.54) is 11.3 Å². The second-order valence-corrected chi connectivity index (χ2v) is 5.52. The molecule has 1 N–H and O–H groups in total. The molecule has 0 aliphatic carbocycles. The Morgan fingerprint density at radius 1 is 1.26 bits per heavy atom. The van der Waals surface area contributed by atoms with Crippen LogP contribution in [0.5, 0.6) is 0 Å². The van der Waals surface area contributed by atoms with E-state index in [-0.39, 0.29) is 6.42 Å². The number of hydrogen-bond acceptors (Lipinski definition) is 3. The van der Waals surface area contributed by atoms with Crippen LogP contribution in [0.3, 0.4) is 0 Å². The van der Waals surface area contributed by atoms with Crippen molar-refractivity contribution >= 4 is 26.7 Å². The van der Waals surface area contributed by atoms with Gasteiger partial charge < -0.3 is 5.32 Å². The summed E-state index contributed by atoms with van der Waals surface area (Å²) in [5.74, 6) is 0. The molecule has 1 heterocycles. The van der Waals surface area contributed by atoms with Gasteiger partial charge in [0.25, 0.3) is 0 Å². The Morgan fingerprint density at radius 3 is 2.79 bits per heavy atom. The third-order valence-corrected chi connectivity index (χ3v) is 3.70. The van der Waals surface area contributed by atoms with Gasteiger partial charge in [-0.05, 0) is 37.5 Å². The highest BCUT2D eigenvalue weighted by Gasteiger charge is 2.25. The smallest absolute Gasteiger partial charge is 0.361 e. The zero-order valence-corrected chi connectivity index (χ0v) is 11.4. The lowest BCUT2D eigenvalue weighted by atomic mass is 10.2. The standard InChI is InChI=1S/C13H15F3N2S/c1-9-4-5-11-10(8-9)18-12(19-11)17-7-3-2-6-13(14,15)16/h4-5,8H,2-3,6-7H2,1H3,(H,17,18). The largest absolute Gasteiger partial charge is 0.389 e. The van der Waals surface area contributed by atoms with Crippen molar-refractivity contribution in [3.8, 4) is 0 Å². The van der Waals surface area contributed by atoms with Gasteiger partial charge in [0.05, 0.1) is 10.2 Å². The van der Waals surface area contributed by atoms with Gasteiger partial charge in [-0.2, -0.15) is 13.2 Å². The fourth-order valence-corrected chi connectivity index (χ4v) is 2.63. The lowest BCUT2D eigenvalue weighted by Crippen LogP contribution is -2.08. The third kappa shape index (κ3) is 4.38. The zero-order chi connectivity index (χ0) is 13.9. The number of nitrogens with zero attached hydrogens (tertiary/aromatic N) is 1. The van der Waals surface area contributed by atoms with Gasteiger partial charge >= 0.3 is 6.18 Å². The Labute approximate surface area is 113 Å². The summed E-state index contributed by atoms with van der Waals surface area (Å²) >= 11 is 1.53. The molecular formula is C13H15F3N2S. The van der Waals surface area contributed by atoms with Gasteiger partial charge in [-0.15, -0.1) is 0 Å². The monoisotopic (exact) mass is 288 g/mol. The van der Waals surface area contributed by atoms with E-state index < -0.39 is 12.6 Å². The lowest BCUT2D eigenvalue weighted by molar-refractivity contribution is -0.135. The van der Waals surface area contributed by atoms with Crippen LogP contribution in [-0.2, 0) is 0 Å². The van der Waals surface area contributed by atoms with Crippen molar-refractivity contribution in [2.45, 2.75) is 32.4 Å². The highest BCUT2D eigenvalue weighted by molar-refractivity contribution is 7.22.